The van der Waals surface area contributed by atoms with Gasteiger partial charge < -0.3 is 10.2 Å². The number of aryl methyl sites for hydroxylation is 2. The van der Waals surface area contributed by atoms with Gasteiger partial charge in [0.25, 0.3) is 11.8 Å². The van der Waals surface area contributed by atoms with Gasteiger partial charge in [-0.05, 0) is 73.6 Å². The van der Waals surface area contributed by atoms with Gasteiger partial charge in [0.1, 0.15) is 5.54 Å². The molecule has 2 amide bonds. The van der Waals surface area contributed by atoms with E-state index in [1.54, 1.807) is 16.7 Å². The smallest absolute Gasteiger partial charge is 0.255 e. The molecule has 34 heavy (non-hydrogen) atoms. The summed E-state index contributed by atoms with van der Waals surface area (Å²) in [5, 5.41) is 3.24. The van der Waals surface area contributed by atoms with Crippen molar-refractivity contribution in [3.05, 3.63) is 70.8 Å². The van der Waals surface area contributed by atoms with Gasteiger partial charge in [0.15, 0.2) is 0 Å². The standard InChI is InChI=1S/C29H34N2O2S/c1-7-14-31-27(32)22-10-8-9-11-25(22)34-17-29(31,6)28(33)30-24-15-20(5)23-16-21(18(2)3)13-12-19(4)26(23)24/h8-13,15-16,18H,7,14,17H2,1-6H3,(H,30,33). The molecule has 2 aliphatic carbocycles. The van der Waals surface area contributed by atoms with E-state index in [1.165, 1.54) is 5.56 Å². The average Bonchev–Trinajstić information content (AvgIpc) is 2.93. The lowest BCUT2D eigenvalue weighted by atomic mass is 9.98. The first-order valence-corrected chi connectivity index (χ1v) is 13.0. The third kappa shape index (κ3) is 4.22. The van der Waals surface area contributed by atoms with Gasteiger partial charge in [0.05, 0.1) is 5.56 Å². The number of carbonyl (C=O) groups excluding carboxylic acids is 2. The zero-order valence-corrected chi connectivity index (χ0v) is 21.8. The number of hydrogen-bond acceptors (Lipinski definition) is 3. The third-order valence-electron chi connectivity index (χ3n) is 6.87. The maximum atomic E-state index is 13.9. The van der Waals surface area contributed by atoms with Crippen molar-refractivity contribution in [2.75, 3.05) is 17.6 Å². The van der Waals surface area contributed by atoms with Crippen LogP contribution < -0.4 is 5.32 Å². The van der Waals surface area contributed by atoms with E-state index in [4.69, 9.17) is 0 Å². The summed E-state index contributed by atoms with van der Waals surface area (Å²) in [6.45, 7) is 13.0. The van der Waals surface area contributed by atoms with Crippen LogP contribution in [0.1, 0.15) is 67.1 Å². The number of amides is 2. The van der Waals surface area contributed by atoms with Crippen LogP contribution in [-0.2, 0) is 4.79 Å². The average molecular weight is 475 g/mol. The second-order valence-electron chi connectivity index (χ2n) is 9.81. The molecule has 1 aromatic carbocycles. The Morgan fingerprint density at radius 3 is 2.53 bits per heavy atom. The van der Waals surface area contributed by atoms with Crippen LogP contribution in [0, 0.1) is 13.8 Å². The minimum atomic E-state index is -0.970. The van der Waals surface area contributed by atoms with Crippen molar-refractivity contribution in [3.8, 4) is 11.1 Å². The summed E-state index contributed by atoms with van der Waals surface area (Å²) < 4.78 is 0. The molecule has 1 N–H and O–H groups in total. The Hall–Kier alpha value is -2.79. The minimum absolute atomic E-state index is 0.0761. The fraction of sp³-hybridized carbons (Fsp3) is 0.379. The third-order valence-corrected chi connectivity index (χ3v) is 8.25. The molecule has 1 aliphatic heterocycles. The molecule has 1 aromatic rings. The molecule has 1 heterocycles. The summed E-state index contributed by atoms with van der Waals surface area (Å²) >= 11 is 1.58. The Labute approximate surface area is 207 Å². The van der Waals surface area contributed by atoms with Crippen LogP contribution in [0.3, 0.4) is 0 Å². The molecule has 4 rings (SSSR count). The maximum absolute atomic E-state index is 13.9. The molecule has 0 bridgehead atoms. The van der Waals surface area contributed by atoms with E-state index >= 15 is 0 Å². The highest BCUT2D eigenvalue weighted by molar-refractivity contribution is 7.99. The number of hydrogen-bond donors (Lipinski definition) is 1. The highest BCUT2D eigenvalue weighted by Gasteiger charge is 2.45. The van der Waals surface area contributed by atoms with Crippen LogP contribution in [0.5, 0.6) is 0 Å². The normalized spacial score (nSPS) is 18.2. The van der Waals surface area contributed by atoms with Crippen LogP contribution in [-0.4, -0.2) is 34.6 Å². The molecule has 0 spiro atoms. The van der Waals surface area contributed by atoms with Gasteiger partial charge in [-0.3, -0.25) is 9.59 Å². The van der Waals surface area contributed by atoms with E-state index in [-0.39, 0.29) is 11.8 Å². The Bertz CT molecular complexity index is 1220. The van der Waals surface area contributed by atoms with Crippen molar-refractivity contribution >= 4 is 29.3 Å². The van der Waals surface area contributed by atoms with Gasteiger partial charge in [-0.1, -0.05) is 51.1 Å². The molecule has 1 unspecified atom stereocenters. The summed E-state index contributed by atoms with van der Waals surface area (Å²) in [5.74, 6) is 0.701. The van der Waals surface area contributed by atoms with Crippen LogP contribution in [0.25, 0.3) is 11.1 Å². The first kappa shape index (κ1) is 24.3. The van der Waals surface area contributed by atoms with Crippen molar-refractivity contribution in [1.29, 1.82) is 0 Å². The lowest BCUT2D eigenvalue weighted by Gasteiger charge is -2.38. The number of rotatable bonds is 5. The molecule has 5 heteroatoms. The predicted octanol–water partition coefficient (Wildman–Crippen LogP) is 6.89. The highest BCUT2D eigenvalue weighted by Crippen LogP contribution is 2.41. The number of anilines is 1. The molecule has 3 aliphatic rings. The van der Waals surface area contributed by atoms with Gasteiger partial charge in [-0.2, -0.15) is 0 Å². The van der Waals surface area contributed by atoms with Crippen molar-refractivity contribution < 1.29 is 9.59 Å². The zero-order chi connectivity index (χ0) is 24.6. The van der Waals surface area contributed by atoms with Crippen LogP contribution in [0.4, 0.5) is 5.69 Å². The van der Waals surface area contributed by atoms with Crippen molar-refractivity contribution in [1.82, 2.24) is 4.90 Å². The monoisotopic (exact) mass is 474 g/mol. The van der Waals surface area contributed by atoms with Gasteiger partial charge in [-0.25, -0.2) is 0 Å². The van der Waals surface area contributed by atoms with Crippen molar-refractivity contribution in [2.45, 2.75) is 64.3 Å². The van der Waals surface area contributed by atoms with Crippen LogP contribution in [0.2, 0.25) is 0 Å². The van der Waals surface area contributed by atoms with Gasteiger partial charge >= 0.3 is 0 Å². The van der Waals surface area contributed by atoms with E-state index in [0.717, 1.165) is 39.3 Å². The number of nitrogens with zero attached hydrogens (tertiary/aromatic N) is 1. The molecule has 4 nitrogen and oxygen atoms in total. The van der Waals surface area contributed by atoms with Crippen molar-refractivity contribution in [3.63, 3.8) is 0 Å². The number of nitrogens with one attached hydrogen (secondary N) is 1. The topological polar surface area (TPSA) is 49.4 Å². The Balaban J connectivity index is 1.73. The largest absolute Gasteiger partial charge is 0.323 e. The molecular weight excluding hydrogens is 440 g/mol. The molecule has 0 radical (unpaired) electrons. The Morgan fingerprint density at radius 2 is 1.82 bits per heavy atom. The zero-order valence-electron chi connectivity index (χ0n) is 21.0. The molecule has 0 aromatic heterocycles. The Morgan fingerprint density at radius 1 is 1.09 bits per heavy atom. The second kappa shape index (κ2) is 9.46. The molecule has 1 atom stereocenters. The number of fused-ring (bicyclic) bond motifs is 2. The fourth-order valence-corrected chi connectivity index (χ4v) is 5.96. The second-order valence-corrected chi connectivity index (χ2v) is 10.8. The molecule has 0 fully saturated rings. The van der Waals surface area contributed by atoms with E-state index in [1.807, 2.05) is 38.1 Å². The lowest BCUT2D eigenvalue weighted by Crippen LogP contribution is -2.58. The maximum Gasteiger partial charge on any atom is 0.255 e. The van der Waals surface area contributed by atoms with Crippen molar-refractivity contribution in [2.24, 2.45) is 0 Å². The molecule has 0 saturated heterocycles. The summed E-state index contributed by atoms with van der Waals surface area (Å²) in [4.78, 5) is 30.2. The highest BCUT2D eigenvalue weighted by atomic mass is 32.2. The lowest BCUT2D eigenvalue weighted by molar-refractivity contribution is -0.124. The van der Waals surface area contributed by atoms with Crippen LogP contribution >= 0.6 is 11.8 Å². The number of benzene rings is 1. The SMILES string of the molecule is CCCN1C(=O)c2ccccc2SCC1(C)C(=O)Nc1cc(C)c2cc(C(C)C)ccc(C)c1-2. The van der Waals surface area contributed by atoms with E-state index in [9.17, 15) is 9.59 Å². The summed E-state index contributed by atoms with van der Waals surface area (Å²) in [7, 11) is 0. The van der Waals surface area contributed by atoms with Gasteiger partial charge in [0.2, 0.25) is 0 Å². The summed E-state index contributed by atoms with van der Waals surface area (Å²) in [5.41, 5.74) is 6.29. The number of carbonyl (C=O) groups is 2. The summed E-state index contributed by atoms with van der Waals surface area (Å²) in [6.07, 6.45) is 0.785. The molecule has 178 valence electrons. The minimum Gasteiger partial charge on any atom is -0.323 e. The van der Waals surface area contributed by atoms with E-state index in [0.29, 0.717) is 23.8 Å². The first-order chi connectivity index (χ1) is 16.2. The quantitative estimate of drug-likeness (QED) is 0.438. The van der Waals surface area contributed by atoms with Gasteiger partial charge in [-0.15, -0.1) is 11.8 Å². The van der Waals surface area contributed by atoms with Crippen LogP contribution in [0.15, 0.2) is 53.4 Å². The predicted molar refractivity (Wildman–Crippen MR) is 142 cm³/mol. The number of thioether (sulfide) groups is 1. The molecule has 0 saturated carbocycles. The summed E-state index contributed by atoms with van der Waals surface area (Å²) in [6, 6.07) is 16.3. The first-order valence-electron chi connectivity index (χ1n) is 12.1. The van der Waals surface area contributed by atoms with E-state index in [2.05, 4.69) is 57.3 Å². The Kier molecular flexibility index (Phi) is 6.77. The fourth-order valence-electron chi connectivity index (χ4n) is 4.75. The van der Waals surface area contributed by atoms with Gasteiger partial charge in [0, 0.05) is 28.4 Å². The molecular formula is C29H34N2O2S. The van der Waals surface area contributed by atoms with E-state index < -0.39 is 5.54 Å².